The minimum Gasteiger partial charge on any atom is -0.462 e. The van der Waals surface area contributed by atoms with Crippen molar-refractivity contribution in [2.24, 2.45) is 53.3 Å². The smallest absolute Gasteiger partial charge is 0.236 e. The van der Waals surface area contributed by atoms with E-state index in [1.54, 1.807) is 0 Å². The van der Waals surface area contributed by atoms with Gasteiger partial charge in [0.05, 0.1) is 0 Å². The Morgan fingerprint density at radius 2 is 0.711 bits per heavy atom. The van der Waals surface area contributed by atoms with Crippen molar-refractivity contribution in [3.05, 3.63) is 215 Å². The molecular weight excluding hydrogens is 1240 g/mol. The molecule has 0 amide bonds. The molecule has 5 aromatic rings. The quantitative estimate of drug-likeness (QED) is 0.0748. The van der Waals surface area contributed by atoms with Crippen molar-refractivity contribution in [2.45, 2.75) is 192 Å². The van der Waals surface area contributed by atoms with E-state index in [1.807, 2.05) is 33.8 Å². The van der Waals surface area contributed by atoms with Crippen LogP contribution in [0.4, 0.5) is 0 Å². The van der Waals surface area contributed by atoms with Crippen molar-refractivity contribution in [3.63, 3.8) is 0 Å². The molecule has 15 aliphatic rings. The van der Waals surface area contributed by atoms with Gasteiger partial charge in [-0.3, -0.25) is 4.79 Å². The van der Waals surface area contributed by atoms with E-state index in [0.29, 0.717) is 41.3 Å². The highest BCUT2D eigenvalue weighted by atomic mass is 31.2. The Kier molecular flexibility index (Phi) is 17.8. The topological polar surface area (TPSA) is 128 Å². The van der Waals surface area contributed by atoms with Crippen molar-refractivity contribution in [2.75, 3.05) is 0 Å². The molecule has 0 unspecified atom stereocenters. The number of allylic oxidation sites excluding steroid dienone is 3. The van der Waals surface area contributed by atoms with E-state index in [2.05, 4.69) is 211 Å². The number of carbonyl (C=O) groups excluding carboxylic acids is 1. The molecule has 20 rings (SSSR count). The molecule has 0 N–H and O–H groups in total. The van der Waals surface area contributed by atoms with Gasteiger partial charge in [0.15, 0.2) is 28.8 Å². The van der Waals surface area contributed by atoms with Gasteiger partial charge in [0.25, 0.3) is 0 Å². The first-order chi connectivity index (χ1) is 46.9. The van der Waals surface area contributed by atoms with E-state index in [0.717, 1.165) is 104 Å². The molecule has 13 nitrogen and oxygen atoms in total. The maximum Gasteiger partial charge on any atom is 0.236 e. The summed E-state index contributed by atoms with van der Waals surface area (Å²) in [6, 6.07) is 49.9. The Labute approximate surface area is 572 Å². The van der Waals surface area contributed by atoms with E-state index in [-0.39, 0.29) is 17.8 Å². The largest absolute Gasteiger partial charge is 0.462 e. The lowest BCUT2D eigenvalue weighted by Gasteiger charge is -2.57. The maximum atomic E-state index is 11.3. The number of rotatable bonds is 10. The summed E-state index contributed by atoms with van der Waals surface area (Å²) in [5.74, 6) is 5.45. The summed E-state index contributed by atoms with van der Waals surface area (Å²) >= 11 is 0. The first kappa shape index (κ1) is 66.4. The third kappa shape index (κ3) is 11.4. The van der Waals surface area contributed by atoms with Crippen LogP contribution in [-0.4, -0.2) is 65.1 Å². The molecular formula is C83H95O13P. The van der Waals surface area contributed by atoms with E-state index < -0.39 is 59.9 Å². The average Bonchev–Trinajstić information content (AvgIpc) is 1.70. The molecule has 14 heteroatoms. The molecule has 9 saturated heterocycles. The Bertz CT molecular complexity index is 3760. The number of hydrogen-bond donors (Lipinski definition) is 0. The van der Waals surface area contributed by atoms with Crippen molar-refractivity contribution >= 4 is 53.1 Å². The Morgan fingerprint density at radius 3 is 1.05 bits per heavy atom. The van der Waals surface area contributed by atoms with Crippen LogP contribution in [-0.2, 0) is 62.5 Å². The summed E-state index contributed by atoms with van der Waals surface area (Å²) in [6.07, 6.45) is 21.6. The SMILES string of the molecule is C=Cc1ccc(C=P(c2ccccc2)(c2ccccc2)c2ccccc2)cc1.CC1=C(C=Cc2ccc(C=CC3=C(C)[C@@H]4CC[C@@H](C)[C@@H]5CC[C@@]6(C)OO[C@@]45[C@H](O3)O6)cc2)O[C@@H]2O[C@@]3(C)CC[C@H]4[C@H](C)CC[C@@H]1[C@@]24OO3.CC1=C(C=O)O[C@@H]2O[C@@]3(C)CC[C@H]4[C@H](C)CC[C@@H]1[C@@]24OO3. The number of fused-ring (bicyclic) bond motifs is 6. The second kappa shape index (κ2) is 25.9. The molecule has 12 fully saturated rings. The first-order valence-corrected chi connectivity index (χ1v) is 37.5. The monoisotopic (exact) mass is 1330 g/mol. The van der Waals surface area contributed by atoms with Crippen LogP contribution in [0, 0.1) is 53.3 Å². The van der Waals surface area contributed by atoms with Crippen LogP contribution in [0.25, 0.3) is 18.2 Å². The highest BCUT2D eigenvalue weighted by Crippen LogP contribution is 2.64. The molecule has 0 radical (unpaired) electrons. The zero-order valence-corrected chi connectivity index (χ0v) is 58.6. The number of ether oxygens (including phenoxy) is 6. The van der Waals surface area contributed by atoms with Gasteiger partial charge in [0, 0.05) is 54.8 Å². The van der Waals surface area contributed by atoms with Crippen LogP contribution < -0.4 is 15.9 Å². The molecule has 0 aromatic heterocycles. The summed E-state index contributed by atoms with van der Waals surface area (Å²) in [4.78, 5) is 47.4. The summed E-state index contributed by atoms with van der Waals surface area (Å²) in [5.41, 5.74) is 6.19. The Morgan fingerprint density at radius 1 is 0.392 bits per heavy atom. The zero-order chi connectivity index (χ0) is 67.1. The second-order valence-corrected chi connectivity index (χ2v) is 33.5. The van der Waals surface area contributed by atoms with Gasteiger partial charge in [-0.2, -0.15) is 0 Å². The molecule has 3 spiro atoms. The second-order valence-electron chi connectivity index (χ2n) is 30.2. The highest BCUT2D eigenvalue weighted by Gasteiger charge is 2.71. The molecule has 12 heterocycles. The van der Waals surface area contributed by atoms with E-state index in [9.17, 15) is 4.79 Å². The molecule has 510 valence electrons. The van der Waals surface area contributed by atoms with Gasteiger partial charge in [-0.1, -0.05) is 185 Å². The fraction of sp³-hybridized carbons (Fsp3) is 0.470. The minimum absolute atomic E-state index is 0.125. The number of hydrogen-bond acceptors (Lipinski definition) is 13. The zero-order valence-electron chi connectivity index (χ0n) is 57.7. The summed E-state index contributed by atoms with van der Waals surface area (Å²) in [7, 11) is 0. The predicted molar refractivity (Wildman–Crippen MR) is 377 cm³/mol. The van der Waals surface area contributed by atoms with Crippen molar-refractivity contribution < 1.29 is 62.5 Å². The number of aldehydes is 1. The van der Waals surface area contributed by atoms with Crippen LogP contribution in [0.3, 0.4) is 0 Å². The third-order valence-electron chi connectivity index (χ3n) is 24.5. The molecule has 18 atom stereocenters. The normalized spacial score (nSPS) is 38.1. The molecule has 12 aliphatic heterocycles. The molecule has 6 bridgehead atoms. The van der Waals surface area contributed by atoms with Crippen LogP contribution in [0.2, 0.25) is 0 Å². The van der Waals surface area contributed by atoms with E-state index in [4.69, 9.17) is 57.7 Å². The summed E-state index contributed by atoms with van der Waals surface area (Å²) < 4.78 is 38.3. The van der Waals surface area contributed by atoms with Crippen LogP contribution in [0.1, 0.15) is 162 Å². The summed E-state index contributed by atoms with van der Waals surface area (Å²) in [5, 5.41) is 4.08. The molecule has 3 saturated carbocycles. The van der Waals surface area contributed by atoms with E-state index >= 15 is 0 Å². The van der Waals surface area contributed by atoms with Gasteiger partial charge in [-0.05, 0) is 197 Å². The van der Waals surface area contributed by atoms with Gasteiger partial charge in [-0.15, -0.1) is 0 Å². The van der Waals surface area contributed by atoms with Crippen LogP contribution in [0.5, 0.6) is 0 Å². The molecule has 5 aromatic carbocycles. The van der Waals surface area contributed by atoms with Crippen molar-refractivity contribution in [3.8, 4) is 0 Å². The fourth-order valence-electron chi connectivity index (χ4n) is 19.0. The molecule has 97 heavy (non-hydrogen) atoms. The van der Waals surface area contributed by atoms with Crippen LogP contribution in [0.15, 0.2) is 192 Å². The van der Waals surface area contributed by atoms with E-state index in [1.165, 1.54) is 45.5 Å². The highest BCUT2D eigenvalue weighted by molar-refractivity contribution is 7.94. The lowest BCUT2D eigenvalue weighted by Crippen LogP contribution is -2.66. The lowest BCUT2D eigenvalue weighted by molar-refractivity contribution is -0.556. The van der Waals surface area contributed by atoms with Gasteiger partial charge in [0.2, 0.25) is 36.2 Å². The lowest BCUT2D eigenvalue weighted by atomic mass is 9.59. The predicted octanol–water partition coefficient (Wildman–Crippen LogP) is 16.9. The average molecular weight is 1330 g/mol. The maximum absolute atomic E-state index is 11.3. The third-order valence-corrected chi connectivity index (χ3v) is 28.5. The first-order valence-electron chi connectivity index (χ1n) is 35.7. The number of benzene rings is 5. The van der Waals surface area contributed by atoms with Crippen LogP contribution >= 0.6 is 6.89 Å². The van der Waals surface area contributed by atoms with Gasteiger partial charge in [0.1, 0.15) is 11.5 Å². The van der Waals surface area contributed by atoms with Gasteiger partial charge in [-0.25, -0.2) is 29.3 Å². The van der Waals surface area contributed by atoms with Crippen molar-refractivity contribution in [1.82, 2.24) is 0 Å². The number of carbonyl (C=O) groups is 1. The minimum atomic E-state index is -1.95. The Hall–Kier alpha value is -6.45. The fourth-order valence-corrected chi connectivity index (χ4v) is 22.9. The van der Waals surface area contributed by atoms with Gasteiger partial charge < -0.3 is 28.4 Å². The van der Waals surface area contributed by atoms with Crippen molar-refractivity contribution in [1.29, 1.82) is 0 Å². The molecule has 3 aliphatic carbocycles. The Balaban J connectivity index is 0.000000132. The summed E-state index contributed by atoms with van der Waals surface area (Å²) in [6.45, 7) is 21.0. The van der Waals surface area contributed by atoms with Gasteiger partial charge >= 0.3 is 0 Å². The standard InChI is InChI=1S/C40H50O8.C27H23P.C16H22O5/c1-23-7-15-31-25(3)33(41-35-39(31)29(23)19-21-37(5,43-35)45-47-39)17-13-27-9-11-28(12-10-27)14-18-34-26(4)32-16-8-24(2)30-20-22-38(6)44-36(42-34)40(30,32)48-46-38;1-2-23-18-20-24(21-19-23)22-28(25-12-6-3-7-13-25,26-14-8-4-9-15-26)27-16-10-5-11-17-27;1-9-4-5-12-10(2)13(8-17)18-14-16(12)11(9)6-7-15(3,19-14)20-21-16/h9-14,17-18,23-24,29-32,35-36H,7-8,15-16,19-22H2,1-6H3;2-22H,1H2;8-9,11-12,14H,4-7H2,1-3H3/t23-,24-,29+,30+,31+,32+,35-,36-,37-,38-,39-,40-;;9-,11+,12+,14-,15-,16-/m1.1/s1.